The first-order valence-corrected chi connectivity index (χ1v) is 5.41. The highest BCUT2D eigenvalue weighted by Crippen LogP contribution is 2.15. The summed E-state index contributed by atoms with van der Waals surface area (Å²) in [5.41, 5.74) is 15.9. The Bertz CT molecular complexity index is 460. The Morgan fingerprint density at radius 2 is 1.44 bits per heavy atom. The minimum atomic E-state index is 0.588. The second kappa shape index (κ2) is 4.81. The van der Waals surface area contributed by atoms with Crippen LogP contribution in [0.1, 0.15) is 16.7 Å². The summed E-state index contributed by atoms with van der Waals surface area (Å²) >= 11 is 0. The predicted octanol–water partition coefficient (Wildman–Crippen LogP) is 2.32. The molecule has 0 unspecified atom stereocenters. The third-order valence-electron chi connectivity index (χ3n) is 2.71. The highest BCUT2D eigenvalue weighted by Gasteiger charge is 2.01. The van der Waals surface area contributed by atoms with Gasteiger partial charge in [0.25, 0.3) is 0 Å². The molecular weight excluding hydrogens is 196 g/mol. The molecule has 2 aromatic carbocycles. The van der Waals surface area contributed by atoms with Crippen LogP contribution in [0.3, 0.4) is 0 Å². The lowest BCUT2D eigenvalue weighted by Gasteiger charge is -2.07. The fraction of sp³-hybridized carbons (Fsp3) is 0.143. The molecule has 16 heavy (non-hydrogen) atoms. The number of rotatable bonds is 3. The number of hydrogen-bond acceptors (Lipinski definition) is 2. The van der Waals surface area contributed by atoms with E-state index in [1.54, 1.807) is 0 Å². The highest BCUT2D eigenvalue weighted by atomic mass is 14.5. The van der Waals surface area contributed by atoms with E-state index in [4.69, 9.17) is 11.5 Å². The van der Waals surface area contributed by atoms with Crippen LogP contribution in [0.4, 0.5) is 5.69 Å². The second-order valence-electron chi connectivity index (χ2n) is 3.89. The van der Waals surface area contributed by atoms with E-state index in [9.17, 15) is 0 Å². The molecule has 4 N–H and O–H groups in total. The zero-order valence-corrected chi connectivity index (χ0v) is 9.19. The van der Waals surface area contributed by atoms with Gasteiger partial charge in [0.05, 0.1) is 0 Å². The average molecular weight is 212 g/mol. The molecule has 0 saturated carbocycles. The summed E-state index contributed by atoms with van der Waals surface area (Å²) in [7, 11) is 0. The highest BCUT2D eigenvalue weighted by molar-refractivity contribution is 5.41. The van der Waals surface area contributed by atoms with Crippen molar-refractivity contribution in [1.29, 1.82) is 0 Å². The Morgan fingerprint density at radius 1 is 0.812 bits per heavy atom. The molecule has 0 saturated heterocycles. The number of anilines is 1. The van der Waals surface area contributed by atoms with Gasteiger partial charge in [-0.2, -0.15) is 0 Å². The van der Waals surface area contributed by atoms with Crippen molar-refractivity contribution in [2.75, 3.05) is 5.73 Å². The standard InChI is InChI=1S/C14H16N2/c15-10-13-4-2-1-3-12(13)9-11-5-7-14(16)8-6-11/h1-8H,9-10,15-16H2. The van der Waals surface area contributed by atoms with Gasteiger partial charge < -0.3 is 11.5 Å². The lowest BCUT2D eigenvalue weighted by Crippen LogP contribution is -2.01. The zero-order valence-electron chi connectivity index (χ0n) is 9.19. The van der Waals surface area contributed by atoms with Crippen LogP contribution in [-0.4, -0.2) is 0 Å². The maximum Gasteiger partial charge on any atom is 0.0314 e. The summed E-state index contributed by atoms with van der Waals surface area (Å²) in [4.78, 5) is 0. The molecule has 2 rings (SSSR count). The van der Waals surface area contributed by atoms with E-state index in [1.165, 1.54) is 16.7 Å². The summed E-state index contributed by atoms with van der Waals surface area (Å²) in [6, 6.07) is 16.2. The molecule has 2 aromatic rings. The van der Waals surface area contributed by atoms with Gasteiger partial charge >= 0.3 is 0 Å². The van der Waals surface area contributed by atoms with E-state index in [2.05, 4.69) is 24.3 Å². The van der Waals surface area contributed by atoms with Crippen LogP contribution in [0.25, 0.3) is 0 Å². The quantitative estimate of drug-likeness (QED) is 0.767. The zero-order chi connectivity index (χ0) is 11.4. The Balaban J connectivity index is 2.23. The van der Waals surface area contributed by atoms with Gasteiger partial charge in [0.15, 0.2) is 0 Å². The molecule has 0 aromatic heterocycles. The summed E-state index contributed by atoms with van der Waals surface area (Å²) in [5, 5.41) is 0. The monoisotopic (exact) mass is 212 g/mol. The molecule has 0 radical (unpaired) electrons. The minimum absolute atomic E-state index is 0.588. The lowest BCUT2D eigenvalue weighted by atomic mass is 10.00. The van der Waals surface area contributed by atoms with E-state index in [0.717, 1.165) is 12.1 Å². The smallest absolute Gasteiger partial charge is 0.0314 e. The van der Waals surface area contributed by atoms with Gasteiger partial charge in [-0.05, 0) is 35.2 Å². The molecule has 0 atom stereocenters. The van der Waals surface area contributed by atoms with E-state index in [-0.39, 0.29) is 0 Å². The predicted molar refractivity (Wildman–Crippen MR) is 68.0 cm³/mol. The van der Waals surface area contributed by atoms with Gasteiger partial charge in [0.2, 0.25) is 0 Å². The fourth-order valence-corrected chi connectivity index (χ4v) is 1.78. The van der Waals surface area contributed by atoms with Gasteiger partial charge in [0, 0.05) is 12.2 Å². The number of nitrogen functional groups attached to an aromatic ring is 1. The van der Waals surface area contributed by atoms with Crippen LogP contribution in [0.15, 0.2) is 48.5 Å². The van der Waals surface area contributed by atoms with Crippen LogP contribution < -0.4 is 11.5 Å². The largest absolute Gasteiger partial charge is 0.399 e. The third kappa shape index (κ3) is 2.41. The SMILES string of the molecule is NCc1ccccc1Cc1ccc(N)cc1. The molecule has 0 bridgehead atoms. The van der Waals surface area contributed by atoms with Crippen molar-refractivity contribution in [2.45, 2.75) is 13.0 Å². The number of nitrogens with two attached hydrogens (primary N) is 2. The van der Waals surface area contributed by atoms with Crippen LogP contribution >= 0.6 is 0 Å². The lowest BCUT2D eigenvalue weighted by molar-refractivity contribution is 1.02. The molecule has 0 spiro atoms. The fourth-order valence-electron chi connectivity index (χ4n) is 1.78. The van der Waals surface area contributed by atoms with E-state index >= 15 is 0 Å². The van der Waals surface area contributed by atoms with Gasteiger partial charge in [-0.1, -0.05) is 36.4 Å². The summed E-state index contributed by atoms with van der Waals surface area (Å²) in [6.07, 6.45) is 0.910. The van der Waals surface area contributed by atoms with Crippen molar-refractivity contribution in [1.82, 2.24) is 0 Å². The summed E-state index contributed by atoms with van der Waals surface area (Å²) in [5.74, 6) is 0. The molecule has 2 heteroatoms. The van der Waals surface area contributed by atoms with E-state index < -0.39 is 0 Å². The normalized spacial score (nSPS) is 10.3. The topological polar surface area (TPSA) is 52.0 Å². The van der Waals surface area contributed by atoms with Crippen molar-refractivity contribution in [2.24, 2.45) is 5.73 Å². The Labute approximate surface area is 95.9 Å². The van der Waals surface area contributed by atoms with Gasteiger partial charge in [0.1, 0.15) is 0 Å². The first-order valence-electron chi connectivity index (χ1n) is 5.41. The van der Waals surface area contributed by atoms with E-state index in [0.29, 0.717) is 6.54 Å². The van der Waals surface area contributed by atoms with Crippen LogP contribution in [-0.2, 0) is 13.0 Å². The Hall–Kier alpha value is -1.80. The average Bonchev–Trinajstić information content (AvgIpc) is 2.33. The molecule has 0 aliphatic carbocycles. The molecule has 0 aliphatic rings. The minimum Gasteiger partial charge on any atom is -0.399 e. The maximum atomic E-state index is 5.71. The van der Waals surface area contributed by atoms with Crippen molar-refractivity contribution < 1.29 is 0 Å². The van der Waals surface area contributed by atoms with Crippen LogP contribution in [0.5, 0.6) is 0 Å². The van der Waals surface area contributed by atoms with Crippen molar-refractivity contribution >= 4 is 5.69 Å². The van der Waals surface area contributed by atoms with Gasteiger partial charge in [-0.15, -0.1) is 0 Å². The number of hydrogen-bond donors (Lipinski definition) is 2. The summed E-state index contributed by atoms with van der Waals surface area (Å²) < 4.78 is 0. The number of benzene rings is 2. The first kappa shape index (κ1) is 10.7. The Kier molecular flexibility index (Phi) is 3.22. The van der Waals surface area contributed by atoms with Crippen LogP contribution in [0, 0.1) is 0 Å². The van der Waals surface area contributed by atoms with Crippen LogP contribution in [0.2, 0.25) is 0 Å². The van der Waals surface area contributed by atoms with Crippen molar-refractivity contribution in [3.8, 4) is 0 Å². The Morgan fingerprint density at radius 3 is 2.06 bits per heavy atom. The van der Waals surface area contributed by atoms with Crippen molar-refractivity contribution in [3.05, 3.63) is 65.2 Å². The van der Waals surface area contributed by atoms with Gasteiger partial charge in [-0.25, -0.2) is 0 Å². The molecule has 0 amide bonds. The molecule has 82 valence electrons. The molecule has 2 nitrogen and oxygen atoms in total. The molecule has 0 heterocycles. The maximum absolute atomic E-state index is 5.71. The molecule has 0 aliphatic heterocycles. The third-order valence-corrected chi connectivity index (χ3v) is 2.71. The van der Waals surface area contributed by atoms with Gasteiger partial charge in [-0.3, -0.25) is 0 Å². The second-order valence-corrected chi connectivity index (χ2v) is 3.89. The molecular formula is C14H16N2. The first-order chi connectivity index (χ1) is 7.79. The summed E-state index contributed by atoms with van der Waals surface area (Å²) in [6.45, 7) is 0.588. The molecule has 0 fully saturated rings. The van der Waals surface area contributed by atoms with E-state index in [1.807, 2.05) is 24.3 Å². The van der Waals surface area contributed by atoms with Crippen molar-refractivity contribution in [3.63, 3.8) is 0 Å².